The molecule has 0 aliphatic carbocycles. The number of halogens is 2. The molecule has 1 aromatic rings. The minimum absolute atomic E-state index is 0.421. The Morgan fingerprint density at radius 1 is 1.42 bits per heavy atom. The van der Waals surface area contributed by atoms with Gasteiger partial charge in [-0.2, -0.15) is 8.78 Å². The van der Waals surface area contributed by atoms with E-state index in [-0.39, 0.29) is 0 Å². The number of carbonyl (C=O) groups is 1. The Kier molecular flexibility index (Phi) is 4.76. The summed E-state index contributed by atoms with van der Waals surface area (Å²) in [7, 11) is 0. The average Bonchev–Trinajstić information content (AvgIpc) is 2.79. The molecule has 0 radical (unpaired) electrons. The third kappa shape index (κ3) is 3.91. The summed E-state index contributed by atoms with van der Waals surface area (Å²) in [5.74, 6) is -3.21. The molecule has 0 aromatic heterocycles. The Morgan fingerprint density at radius 3 is 2.68 bits per heavy atom. The third-order valence-electron chi connectivity index (χ3n) is 3.18. The summed E-state index contributed by atoms with van der Waals surface area (Å²) in [6, 6.07) is 6.44. The molecule has 1 heterocycles. The Morgan fingerprint density at radius 2 is 2.11 bits per heavy atom. The van der Waals surface area contributed by atoms with Crippen LogP contribution in [0.15, 0.2) is 29.2 Å². The molecule has 0 unspecified atom stereocenters. The van der Waals surface area contributed by atoms with E-state index in [0.29, 0.717) is 29.6 Å². The van der Waals surface area contributed by atoms with Crippen LogP contribution in [-0.2, 0) is 11.3 Å². The van der Waals surface area contributed by atoms with Gasteiger partial charge in [-0.05, 0) is 37.1 Å². The zero-order valence-corrected chi connectivity index (χ0v) is 11.1. The van der Waals surface area contributed by atoms with Gasteiger partial charge >= 0.3 is 5.97 Å². The molecule has 0 spiro atoms. The summed E-state index contributed by atoms with van der Waals surface area (Å²) in [4.78, 5) is 13.5. The van der Waals surface area contributed by atoms with Crippen molar-refractivity contribution in [3.63, 3.8) is 0 Å². The molecule has 1 atom stereocenters. The molecule has 6 heteroatoms. The number of hydrogen-bond donors (Lipinski definition) is 1. The SMILES string of the molecule is O=C(O)[C@H]1CCCN1Cc1ccc(SC(F)F)cc1. The van der Waals surface area contributed by atoms with Gasteiger partial charge in [0.25, 0.3) is 5.76 Å². The second kappa shape index (κ2) is 6.34. The summed E-state index contributed by atoms with van der Waals surface area (Å²) in [6.07, 6.45) is 1.56. The lowest BCUT2D eigenvalue weighted by atomic mass is 10.2. The van der Waals surface area contributed by atoms with E-state index < -0.39 is 17.8 Å². The van der Waals surface area contributed by atoms with Crippen molar-refractivity contribution in [3.05, 3.63) is 29.8 Å². The molecule has 1 aliphatic rings. The van der Waals surface area contributed by atoms with Gasteiger partial charge in [-0.25, -0.2) is 0 Å². The maximum atomic E-state index is 12.2. The summed E-state index contributed by atoms with van der Waals surface area (Å²) in [6.45, 7) is 1.32. The molecule has 1 saturated heterocycles. The first-order chi connectivity index (χ1) is 9.06. The highest BCUT2D eigenvalue weighted by atomic mass is 32.2. The number of carboxylic acid groups (broad SMARTS) is 1. The van der Waals surface area contributed by atoms with Crippen molar-refractivity contribution >= 4 is 17.7 Å². The predicted octanol–water partition coefficient (Wildman–Crippen LogP) is 3.05. The molecule has 0 bridgehead atoms. The molecule has 0 saturated carbocycles. The largest absolute Gasteiger partial charge is 0.480 e. The van der Waals surface area contributed by atoms with Crippen molar-refractivity contribution < 1.29 is 18.7 Å². The van der Waals surface area contributed by atoms with Gasteiger partial charge in [0.05, 0.1) is 0 Å². The van der Waals surface area contributed by atoms with Crippen LogP contribution >= 0.6 is 11.8 Å². The summed E-state index contributed by atoms with van der Waals surface area (Å²) >= 11 is 0.514. The van der Waals surface area contributed by atoms with Crippen LogP contribution in [0.5, 0.6) is 0 Å². The van der Waals surface area contributed by atoms with Crippen molar-refractivity contribution in [2.24, 2.45) is 0 Å². The minimum atomic E-state index is -2.42. The van der Waals surface area contributed by atoms with E-state index in [9.17, 15) is 13.6 Å². The number of likely N-dealkylation sites (tertiary alicyclic amines) is 1. The van der Waals surface area contributed by atoms with E-state index in [1.807, 2.05) is 4.90 Å². The number of aliphatic carboxylic acids is 1. The smallest absolute Gasteiger partial charge is 0.320 e. The highest BCUT2D eigenvalue weighted by Gasteiger charge is 2.30. The molecule has 1 N–H and O–H groups in total. The van der Waals surface area contributed by atoms with E-state index in [1.165, 1.54) is 0 Å². The predicted molar refractivity (Wildman–Crippen MR) is 69.4 cm³/mol. The normalized spacial score (nSPS) is 20.1. The number of rotatable bonds is 5. The zero-order valence-electron chi connectivity index (χ0n) is 10.3. The Balaban J connectivity index is 1.97. The number of hydrogen-bond acceptors (Lipinski definition) is 3. The Labute approximate surface area is 114 Å². The highest BCUT2D eigenvalue weighted by molar-refractivity contribution is 7.99. The van der Waals surface area contributed by atoms with Gasteiger partial charge in [-0.3, -0.25) is 9.69 Å². The first-order valence-electron chi connectivity index (χ1n) is 6.07. The van der Waals surface area contributed by atoms with Crippen LogP contribution in [0, 0.1) is 0 Å². The van der Waals surface area contributed by atoms with Crippen molar-refractivity contribution in [2.75, 3.05) is 6.54 Å². The summed E-state index contributed by atoms with van der Waals surface area (Å²) in [5, 5.41) is 9.08. The van der Waals surface area contributed by atoms with Gasteiger partial charge in [0, 0.05) is 11.4 Å². The lowest BCUT2D eigenvalue weighted by molar-refractivity contribution is -0.142. The maximum Gasteiger partial charge on any atom is 0.320 e. The van der Waals surface area contributed by atoms with Crippen LogP contribution < -0.4 is 0 Å². The number of thioether (sulfide) groups is 1. The van der Waals surface area contributed by atoms with Crippen LogP contribution in [-0.4, -0.2) is 34.3 Å². The fourth-order valence-corrected chi connectivity index (χ4v) is 2.80. The molecule has 2 rings (SSSR count). The van der Waals surface area contributed by atoms with Crippen molar-refractivity contribution in [2.45, 2.75) is 36.1 Å². The van der Waals surface area contributed by atoms with Gasteiger partial charge in [0.1, 0.15) is 6.04 Å². The monoisotopic (exact) mass is 287 g/mol. The van der Waals surface area contributed by atoms with E-state index in [0.717, 1.165) is 18.5 Å². The quantitative estimate of drug-likeness (QED) is 0.845. The third-order valence-corrected chi connectivity index (χ3v) is 3.91. The fourth-order valence-electron chi connectivity index (χ4n) is 2.31. The molecular weight excluding hydrogens is 272 g/mol. The summed E-state index contributed by atoms with van der Waals surface area (Å²) in [5.41, 5.74) is 0.951. The van der Waals surface area contributed by atoms with Gasteiger partial charge in [-0.15, -0.1) is 0 Å². The van der Waals surface area contributed by atoms with Crippen LogP contribution in [0.25, 0.3) is 0 Å². The standard InChI is InChI=1S/C13H15F2NO2S/c14-13(15)19-10-5-3-9(4-6-10)8-16-7-1-2-11(16)12(17)18/h3-6,11,13H,1-2,7-8H2,(H,17,18)/t11-/m1/s1. The van der Waals surface area contributed by atoms with Gasteiger partial charge in [0.15, 0.2) is 0 Å². The van der Waals surface area contributed by atoms with Gasteiger partial charge in [-0.1, -0.05) is 23.9 Å². The van der Waals surface area contributed by atoms with E-state index in [2.05, 4.69) is 0 Å². The second-order valence-corrected chi connectivity index (χ2v) is 5.55. The summed E-state index contributed by atoms with van der Waals surface area (Å²) < 4.78 is 24.4. The molecule has 0 amide bonds. The fraction of sp³-hybridized carbons (Fsp3) is 0.462. The van der Waals surface area contributed by atoms with Crippen molar-refractivity contribution in [1.82, 2.24) is 4.90 Å². The molecular formula is C13H15F2NO2S. The molecule has 3 nitrogen and oxygen atoms in total. The Hall–Kier alpha value is -1.14. The Bertz CT molecular complexity index is 439. The molecule has 104 valence electrons. The molecule has 1 aromatic carbocycles. The molecule has 1 fully saturated rings. The zero-order chi connectivity index (χ0) is 13.8. The van der Waals surface area contributed by atoms with Crippen molar-refractivity contribution in [3.8, 4) is 0 Å². The van der Waals surface area contributed by atoms with Gasteiger partial charge in [0.2, 0.25) is 0 Å². The van der Waals surface area contributed by atoms with Crippen LogP contribution in [0.1, 0.15) is 18.4 Å². The molecule has 19 heavy (non-hydrogen) atoms. The number of carboxylic acids is 1. The van der Waals surface area contributed by atoms with Crippen molar-refractivity contribution in [1.29, 1.82) is 0 Å². The van der Waals surface area contributed by atoms with E-state index >= 15 is 0 Å². The topological polar surface area (TPSA) is 40.5 Å². The van der Waals surface area contributed by atoms with Gasteiger partial charge < -0.3 is 5.11 Å². The van der Waals surface area contributed by atoms with E-state index in [1.54, 1.807) is 24.3 Å². The number of nitrogens with zero attached hydrogens (tertiary/aromatic N) is 1. The minimum Gasteiger partial charge on any atom is -0.480 e. The van der Waals surface area contributed by atoms with E-state index in [4.69, 9.17) is 5.11 Å². The van der Waals surface area contributed by atoms with Crippen LogP contribution in [0.2, 0.25) is 0 Å². The first kappa shape index (κ1) is 14.3. The highest BCUT2D eigenvalue weighted by Crippen LogP contribution is 2.26. The second-order valence-electron chi connectivity index (χ2n) is 4.49. The van der Waals surface area contributed by atoms with Crippen LogP contribution in [0.4, 0.5) is 8.78 Å². The maximum absolute atomic E-state index is 12.2. The lowest BCUT2D eigenvalue weighted by Crippen LogP contribution is -2.35. The lowest BCUT2D eigenvalue weighted by Gasteiger charge is -2.21. The number of alkyl halides is 2. The first-order valence-corrected chi connectivity index (χ1v) is 6.95. The van der Waals surface area contributed by atoms with Crippen LogP contribution in [0.3, 0.4) is 0 Å². The average molecular weight is 287 g/mol. The molecule has 1 aliphatic heterocycles. The number of benzene rings is 1.